The standard InChI is InChI=1S/C13H13BrClNS/c14-10-2-3-11(12(15)7-10)13(16)4-1-9-5-6-17-8-9/h2-3,5-8,13H,1,4,16H2. The fraction of sp³-hybridized carbons (Fsp3) is 0.231. The lowest BCUT2D eigenvalue weighted by Gasteiger charge is -2.13. The largest absolute Gasteiger partial charge is 0.324 e. The van der Waals surface area contributed by atoms with Gasteiger partial charge in [0, 0.05) is 15.5 Å². The lowest BCUT2D eigenvalue weighted by Crippen LogP contribution is -2.11. The minimum absolute atomic E-state index is 0.00417. The van der Waals surface area contributed by atoms with E-state index in [1.165, 1.54) is 5.56 Å². The maximum Gasteiger partial charge on any atom is 0.0464 e. The van der Waals surface area contributed by atoms with Crippen LogP contribution >= 0.6 is 38.9 Å². The smallest absolute Gasteiger partial charge is 0.0464 e. The van der Waals surface area contributed by atoms with E-state index in [1.807, 2.05) is 18.2 Å². The molecule has 0 bridgehead atoms. The van der Waals surface area contributed by atoms with Crippen LogP contribution in [0.3, 0.4) is 0 Å². The molecule has 0 spiro atoms. The Kier molecular flexibility index (Phi) is 4.62. The van der Waals surface area contributed by atoms with Crippen LogP contribution in [0.2, 0.25) is 5.02 Å². The molecule has 0 amide bonds. The van der Waals surface area contributed by atoms with Crippen LogP contribution in [0.1, 0.15) is 23.6 Å². The van der Waals surface area contributed by atoms with E-state index in [0.717, 1.165) is 27.9 Å². The third kappa shape index (κ3) is 3.55. The Morgan fingerprint density at radius 1 is 1.35 bits per heavy atom. The normalized spacial score (nSPS) is 12.6. The van der Waals surface area contributed by atoms with E-state index < -0.39 is 0 Å². The van der Waals surface area contributed by atoms with Crippen LogP contribution < -0.4 is 5.73 Å². The Morgan fingerprint density at radius 2 is 2.18 bits per heavy atom. The van der Waals surface area contributed by atoms with Crippen molar-refractivity contribution in [3.63, 3.8) is 0 Å². The van der Waals surface area contributed by atoms with E-state index >= 15 is 0 Å². The summed E-state index contributed by atoms with van der Waals surface area (Å²) in [6, 6.07) is 7.99. The van der Waals surface area contributed by atoms with Crippen LogP contribution in [0.25, 0.3) is 0 Å². The quantitative estimate of drug-likeness (QED) is 0.856. The molecule has 2 aromatic rings. The SMILES string of the molecule is NC(CCc1ccsc1)c1ccc(Br)cc1Cl. The van der Waals surface area contributed by atoms with Gasteiger partial charge in [-0.1, -0.05) is 33.6 Å². The minimum Gasteiger partial charge on any atom is -0.324 e. The molecule has 0 aliphatic carbocycles. The van der Waals surface area contributed by atoms with Gasteiger partial charge in [0.15, 0.2) is 0 Å². The Balaban J connectivity index is 2.01. The van der Waals surface area contributed by atoms with Gasteiger partial charge in [-0.3, -0.25) is 0 Å². The predicted molar refractivity (Wildman–Crippen MR) is 78.7 cm³/mol. The van der Waals surface area contributed by atoms with Crippen molar-refractivity contribution in [1.82, 2.24) is 0 Å². The third-order valence-electron chi connectivity index (χ3n) is 2.69. The summed E-state index contributed by atoms with van der Waals surface area (Å²) in [7, 11) is 0. The summed E-state index contributed by atoms with van der Waals surface area (Å²) in [6.45, 7) is 0. The van der Waals surface area contributed by atoms with Crippen molar-refractivity contribution in [1.29, 1.82) is 0 Å². The van der Waals surface area contributed by atoms with E-state index in [2.05, 4.69) is 32.8 Å². The molecule has 0 saturated heterocycles. The van der Waals surface area contributed by atoms with Crippen LogP contribution in [-0.2, 0) is 6.42 Å². The van der Waals surface area contributed by atoms with E-state index in [0.29, 0.717) is 0 Å². The molecule has 0 aliphatic heterocycles. The number of benzene rings is 1. The summed E-state index contributed by atoms with van der Waals surface area (Å²) in [5.41, 5.74) is 8.53. The van der Waals surface area contributed by atoms with Crippen LogP contribution in [0.15, 0.2) is 39.5 Å². The van der Waals surface area contributed by atoms with E-state index in [-0.39, 0.29) is 6.04 Å². The highest BCUT2D eigenvalue weighted by Gasteiger charge is 2.10. The molecule has 0 fully saturated rings. The maximum atomic E-state index is 6.18. The van der Waals surface area contributed by atoms with Crippen molar-refractivity contribution in [3.8, 4) is 0 Å². The molecule has 1 atom stereocenters. The molecule has 2 N–H and O–H groups in total. The second-order valence-corrected chi connectivity index (χ2v) is 6.05. The molecule has 1 unspecified atom stereocenters. The van der Waals surface area contributed by atoms with E-state index in [1.54, 1.807) is 11.3 Å². The monoisotopic (exact) mass is 329 g/mol. The number of hydrogen-bond acceptors (Lipinski definition) is 2. The van der Waals surface area contributed by atoms with Crippen LogP contribution in [0.5, 0.6) is 0 Å². The third-order valence-corrected chi connectivity index (χ3v) is 4.24. The Morgan fingerprint density at radius 3 is 2.82 bits per heavy atom. The lowest BCUT2D eigenvalue weighted by atomic mass is 10.0. The average molecular weight is 331 g/mol. The number of hydrogen-bond donors (Lipinski definition) is 1. The second-order valence-electron chi connectivity index (χ2n) is 3.94. The summed E-state index contributed by atoms with van der Waals surface area (Å²) in [4.78, 5) is 0. The first kappa shape index (κ1) is 13.1. The van der Waals surface area contributed by atoms with Crippen molar-refractivity contribution in [2.24, 2.45) is 5.73 Å². The molecule has 0 radical (unpaired) electrons. The molecule has 1 aromatic heterocycles. The van der Waals surface area contributed by atoms with Crippen LogP contribution in [-0.4, -0.2) is 0 Å². The minimum atomic E-state index is -0.00417. The van der Waals surface area contributed by atoms with Gasteiger partial charge in [0.05, 0.1) is 0 Å². The number of thiophene rings is 1. The Hall–Kier alpha value is -0.350. The zero-order chi connectivity index (χ0) is 12.3. The van der Waals surface area contributed by atoms with Crippen molar-refractivity contribution < 1.29 is 0 Å². The molecule has 90 valence electrons. The van der Waals surface area contributed by atoms with Crippen LogP contribution in [0, 0.1) is 0 Å². The van der Waals surface area contributed by atoms with Crippen LogP contribution in [0.4, 0.5) is 0 Å². The van der Waals surface area contributed by atoms with Gasteiger partial charge in [0.1, 0.15) is 0 Å². The number of aryl methyl sites for hydroxylation is 1. The predicted octanol–water partition coefficient (Wildman–Crippen LogP) is 4.80. The van der Waals surface area contributed by atoms with Gasteiger partial charge in [0.2, 0.25) is 0 Å². The fourth-order valence-corrected chi connectivity index (χ4v) is 3.23. The zero-order valence-corrected chi connectivity index (χ0v) is 12.4. The molecule has 1 heterocycles. The van der Waals surface area contributed by atoms with Gasteiger partial charge >= 0.3 is 0 Å². The van der Waals surface area contributed by atoms with Crippen molar-refractivity contribution in [3.05, 3.63) is 55.6 Å². The van der Waals surface area contributed by atoms with Crippen molar-refractivity contribution >= 4 is 38.9 Å². The number of halogens is 2. The molecule has 2 rings (SSSR count). The molecule has 1 nitrogen and oxygen atoms in total. The molecule has 4 heteroatoms. The Bertz CT molecular complexity index is 484. The van der Waals surface area contributed by atoms with E-state index in [9.17, 15) is 0 Å². The van der Waals surface area contributed by atoms with Crippen molar-refractivity contribution in [2.75, 3.05) is 0 Å². The number of nitrogens with two attached hydrogens (primary N) is 1. The summed E-state index contributed by atoms with van der Waals surface area (Å²) < 4.78 is 0.983. The maximum absolute atomic E-state index is 6.18. The Labute approximate surface area is 119 Å². The van der Waals surface area contributed by atoms with E-state index in [4.69, 9.17) is 17.3 Å². The summed E-state index contributed by atoms with van der Waals surface area (Å²) in [5, 5.41) is 4.99. The first-order valence-corrected chi connectivity index (χ1v) is 7.50. The van der Waals surface area contributed by atoms with Gasteiger partial charge in [-0.2, -0.15) is 11.3 Å². The average Bonchev–Trinajstić information content (AvgIpc) is 2.78. The highest BCUT2D eigenvalue weighted by molar-refractivity contribution is 9.10. The summed E-state index contributed by atoms with van der Waals surface area (Å²) in [5.74, 6) is 0. The molecule has 17 heavy (non-hydrogen) atoms. The fourth-order valence-electron chi connectivity index (χ4n) is 1.71. The second kappa shape index (κ2) is 6.01. The van der Waals surface area contributed by atoms with Gasteiger partial charge in [-0.25, -0.2) is 0 Å². The molecule has 0 aliphatic rings. The van der Waals surface area contributed by atoms with Gasteiger partial charge in [-0.15, -0.1) is 0 Å². The molecule has 1 aromatic carbocycles. The zero-order valence-electron chi connectivity index (χ0n) is 9.20. The highest BCUT2D eigenvalue weighted by atomic mass is 79.9. The molecular weight excluding hydrogens is 318 g/mol. The van der Waals surface area contributed by atoms with Gasteiger partial charge in [0.25, 0.3) is 0 Å². The van der Waals surface area contributed by atoms with Gasteiger partial charge in [-0.05, 0) is 52.9 Å². The molecular formula is C13H13BrClNS. The van der Waals surface area contributed by atoms with Crippen molar-refractivity contribution in [2.45, 2.75) is 18.9 Å². The number of rotatable bonds is 4. The summed E-state index contributed by atoms with van der Waals surface area (Å²) >= 11 is 11.3. The summed E-state index contributed by atoms with van der Waals surface area (Å²) in [6.07, 6.45) is 1.91. The first-order chi connectivity index (χ1) is 8.16. The molecule has 0 saturated carbocycles. The highest BCUT2D eigenvalue weighted by Crippen LogP contribution is 2.27. The lowest BCUT2D eigenvalue weighted by molar-refractivity contribution is 0.652. The van der Waals surface area contributed by atoms with Gasteiger partial charge < -0.3 is 5.73 Å². The first-order valence-electron chi connectivity index (χ1n) is 5.38. The topological polar surface area (TPSA) is 26.0 Å².